The van der Waals surface area contributed by atoms with Gasteiger partial charge in [0.15, 0.2) is 0 Å². The monoisotopic (exact) mass is 277 g/mol. The van der Waals surface area contributed by atoms with Crippen molar-refractivity contribution in [3.05, 3.63) is 29.8 Å². The molecule has 0 bridgehead atoms. The summed E-state index contributed by atoms with van der Waals surface area (Å²) in [6, 6.07) is 6.23. The maximum Gasteiger partial charge on any atom is 0.251 e. The molecule has 1 aromatic carbocycles. The second-order valence-corrected chi connectivity index (χ2v) is 5.16. The minimum atomic E-state index is -0.516. The molecule has 110 valence electrons. The van der Waals surface area contributed by atoms with E-state index in [2.05, 4.69) is 10.6 Å². The highest BCUT2D eigenvalue weighted by Gasteiger charge is 2.15. The maximum absolute atomic E-state index is 11.9. The van der Waals surface area contributed by atoms with Gasteiger partial charge in [0.2, 0.25) is 5.91 Å². The van der Waals surface area contributed by atoms with Gasteiger partial charge in [0.25, 0.3) is 5.91 Å². The van der Waals surface area contributed by atoms with E-state index in [9.17, 15) is 9.59 Å². The molecule has 0 heterocycles. The summed E-state index contributed by atoms with van der Waals surface area (Å²) in [5.74, 6) is 0.0437. The first-order valence-electron chi connectivity index (χ1n) is 6.88. The summed E-state index contributed by atoms with van der Waals surface area (Å²) >= 11 is 0. The first-order chi connectivity index (χ1) is 9.43. The molecule has 0 fully saturated rings. The summed E-state index contributed by atoms with van der Waals surface area (Å²) in [5.41, 5.74) is 7.01. The zero-order chi connectivity index (χ0) is 15.1. The number of hydrogen-bond acceptors (Lipinski definition) is 3. The summed E-state index contributed by atoms with van der Waals surface area (Å²) in [6.45, 7) is 6.49. The van der Waals surface area contributed by atoms with Crippen molar-refractivity contribution in [3.8, 4) is 0 Å². The van der Waals surface area contributed by atoms with E-state index >= 15 is 0 Å². The molecule has 0 radical (unpaired) electrons. The lowest BCUT2D eigenvalue weighted by Crippen LogP contribution is -2.36. The van der Waals surface area contributed by atoms with Crippen LogP contribution in [0.1, 0.15) is 37.6 Å². The van der Waals surface area contributed by atoms with Crippen LogP contribution in [0.5, 0.6) is 0 Å². The molecule has 0 saturated carbocycles. The molecule has 2 amide bonds. The van der Waals surface area contributed by atoms with Crippen LogP contribution in [-0.2, 0) is 4.79 Å². The van der Waals surface area contributed by atoms with Gasteiger partial charge in [-0.15, -0.1) is 0 Å². The van der Waals surface area contributed by atoms with Gasteiger partial charge < -0.3 is 16.4 Å². The molecule has 1 atom stereocenters. The number of hydrogen-bond donors (Lipinski definition) is 3. The van der Waals surface area contributed by atoms with Gasteiger partial charge in [-0.3, -0.25) is 9.59 Å². The second-order valence-electron chi connectivity index (χ2n) is 5.16. The Morgan fingerprint density at radius 3 is 2.30 bits per heavy atom. The lowest BCUT2D eigenvalue weighted by Gasteiger charge is -2.14. The minimum absolute atomic E-state index is 0.123. The summed E-state index contributed by atoms with van der Waals surface area (Å²) in [6.07, 6.45) is 0.642. The van der Waals surface area contributed by atoms with Crippen molar-refractivity contribution in [3.63, 3.8) is 0 Å². The van der Waals surface area contributed by atoms with E-state index in [0.717, 1.165) is 0 Å². The van der Waals surface area contributed by atoms with Crippen molar-refractivity contribution in [1.82, 2.24) is 5.32 Å². The summed E-state index contributed by atoms with van der Waals surface area (Å²) in [4.78, 5) is 23.4. The van der Waals surface area contributed by atoms with Crippen LogP contribution in [0.4, 0.5) is 5.69 Å². The number of carbonyl (C=O) groups is 2. The Hall–Kier alpha value is -1.88. The fraction of sp³-hybridized carbons (Fsp3) is 0.467. The third kappa shape index (κ3) is 5.01. The fourth-order valence-electron chi connectivity index (χ4n) is 1.82. The summed E-state index contributed by atoms with van der Waals surface area (Å²) < 4.78 is 0. The van der Waals surface area contributed by atoms with Gasteiger partial charge in [0, 0.05) is 17.8 Å². The average molecular weight is 277 g/mol. The van der Waals surface area contributed by atoms with Crippen molar-refractivity contribution in [1.29, 1.82) is 0 Å². The van der Waals surface area contributed by atoms with Crippen molar-refractivity contribution in [2.75, 3.05) is 11.9 Å². The number of nitrogens with two attached hydrogens (primary N) is 1. The quantitative estimate of drug-likeness (QED) is 0.740. The van der Waals surface area contributed by atoms with Crippen LogP contribution in [0.3, 0.4) is 0 Å². The highest BCUT2D eigenvalue weighted by atomic mass is 16.2. The highest BCUT2D eigenvalue weighted by molar-refractivity contribution is 5.97. The number of carbonyl (C=O) groups excluding carboxylic acids is 2. The third-order valence-corrected chi connectivity index (χ3v) is 2.81. The number of benzene rings is 1. The fourth-order valence-corrected chi connectivity index (χ4v) is 1.82. The standard InChI is InChI=1S/C15H23N3O2/c1-4-17-14(19)11-5-7-12(8-6-11)18-15(20)13(16)9-10(2)3/h5-8,10,13H,4,9,16H2,1-3H3,(H,17,19)(H,18,20). The van der Waals surface area contributed by atoms with Gasteiger partial charge in [-0.05, 0) is 43.5 Å². The van der Waals surface area contributed by atoms with Gasteiger partial charge in [-0.2, -0.15) is 0 Å². The predicted octanol–water partition coefficient (Wildman–Crippen LogP) is 1.75. The number of rotatable bonds is 6. The summed E-state index contributed by atoms with van der Waals surface area (Å²) in [7, 11) is 0. The first kappa shape index (κ1) is 16.2. The molecule has 1 rings (SSSR count). The lowest BCUT2D eigenvalue weighted by molar-refractivity contribution is -0.117. The van der Waals surface area contributed by atoms with E-state index < -0.39 is 6.04 Å². The third-order valence-electron chi connectivity index (χ3n) is 2.81. The normalized spacial score (nSPS) is 12.1. The van der Waals surface area contributed by atoms with Crippen molar-refractivity contribution in [2.24, 2.45) is 11.7 Å². The molecule has 0 aliphatic heterocycles. The smallest absolute Gasteiger partial charge is 0.251 e. The van der Waals surface area contributed by atoms with E-state index in [1.807, 2.05) is 20.8 Å². The Morgan fingerprint density at radius 1 is 1.20 bits per heavy atom. The van der Waals surface area contributed by atoms with Crippen LogP contribution in [-0.4, -0.2) is 24.4 Å². The largest absolute Gasteiger partial charge is 0.352 e. The van der Waals surface area contributed by atoms with Crippen LogP contribution in [0, 0.1) is 5.92 Å². The summed E-state index contributed by atoms with van der Waals surface area (Å²) in [5, 5.41) is 5.47. The second kappa shape index (κ2) is 7.65. The van der Waals surface area contributed by atoms with Crippen LogP contribution >= 0.6 is 0 Å². The van der Waals surface area contributed by atoms with E-state index in [1.54, 1.807) is 24.3 Å². The molecule has 0 spiro atoms. The van der Waals surface area contributed by atoms with Gasteiger partial charge in [0.1, 0.15) is 0 Å². The van der Waals surface area contributed by atoms with Crippen LogP contribution in [0.2, 0.25) is 0 Å². The molecular weight excluding hydrogens is 254 g/mol. The maximum atomic E-state index is 11.9. The van der Waals surface area contributed by atoms with Crippen LogP contribution in [0.25, 0.3) is 0 Å². The number of anilines is 1. The molecular formula is C15H23N3O2. The molecule has 0 aliphatic carbocycles. The SMILES string of the molecule is CCNC(=O)c1ccc(NC(=O)C(N)CC(C)C)cc1. The zero-order valence-corrected chi connectivity index (χ0v) is 12.3. The molecule has 5 heteroatoms. The van der Waals surface area contributed by atoms with Gasteiger partial charge in [-0.1, -0.05) is 13.8 Å². The van der Waals surface area contributed by atoms with Crippen molar-refractivity contribution >= 4 is 17.5 Å². The number of nitrogens with one attached hydrogen (secondary N) is 2. The van der Waals surface area contributed by atoms with Crippen molar-refractivity contribution < 1.29 is 9.59 Å². The Morgan fingerprint density at radius 2 is 1.80 bits per heavy atom. The zero-order valence-electron chi connectivity index (χ0n) is 12.3. The molecule has 4 N–H and O–H groups in total. The molecule has 0 aromatic heterocycles. The molecule has 20 heavy (non-hydrogen) atoms. The van der Waals surface area contributed by atoms with Gasteiger partial charge in [-0.25, -0.2) is 0 Å². The topological polar surface area (TPSA) is 84.2 Å². The predicted molar refractivity (Wildman–Crippen MR) is 80.5 cm³/mol. The Balaban J connectivity index is 2.61. The molecule has 1 unspecified atom stereocenters. The Kier molecular flexibility index (Phi) is 6.18. The molecule has 0 aliphatic rings. The molecule has 1 aromatic rings. The lowest BCUT2D eigenvalue weighted by atomic mass is 10.0. The number of amides is 2. The van der Waals surface area contributed by atoms with Crippen molar-refractivity contribution in [2.45, 2.75) is 33.2 Å². The van der Waals surface area contributed by atoms with Crippen LogP contribution < -0.4 is 16.4 Å². The van der Waals surface area contributed by atoms with Gasteiger partial charge >= 0.3 is 0 Å². The highest BCUT2D eigenvalue weighted by Crippen LogP contribution is 2.11. The minimum Gasteiger partial charge on any atom is -0.352 e. The van der Waals surface area contributed by atoms with E-state index in [-0.39, 0.29) is 11.8 Å². The Bertz CT molecular complexity index is 455. The van der Waals surface area contributed by atoms with E-state index in [0.29, 0.717) is 30.1 Å². The van der Waals surface area contributed by atoms with Crippen LogP contribution in [0.15, 0.2) is 24.3 Å². The Labute approximate surface area is 119 Å². The van der Waals surface area contributed by atoms with E-state index in [1.165, 1.54) is 0 Å². The van der Waals surface area contributed by atoms with E-state index in [4.69, 9.17) is 5.73 Å². The van der Waals surface area contributed by atoms with Gasteiger partial charge in [0.05, 0.1) is 6.04 Å². The molecule has 5 nitrogen and oxygen atoms in total. The average Bonchev–Trinajstić information content (AvgIpc) is 2.39. The molecule has 0 saturated heterocycles. The first-order valence-corrected chi connectivity index (χ1v) is 6.88.